The van der Waals surface area contributed by atoms with Gasteiger partial charge in [0, 0.05) is 42.7 Å². The minimum atomic E-state index is -0.674. The van der Waals surface area contributed by atoms with Gasteiger partial charge in [0.25, 0.3) is 5.91 Å². The van der Waals surface area contributed by atoms with Crippen molar-refractivity contribution in [2.45, 2.75) is 13.3 Å². The number of nitrogens with two attached hydrogens (primary N) is 1. The maximum atomic E-state index is 12.4. The van der Waals surface area contributed by atoms with E-state index in [-0.39, 0.29) is 11.6 Å². The van der Waals surface area contributed by atoms with Gasteiger partial charge in [0.15, 0.2) is 5.82 Å². The summed E-state index contributed by atoms with van der Waals surface area (Å²) in [6.07, 6.45) is 3.97. The molecule has 4 rings (SSSR count). The zero-order valence-electron chi connectivity index (χ0n) is 17.3. The van der Waals surface area contributed by atoms with E-state index in [2.05, 4.69) is 26.8 Å². The Balaban J connectivity index is 1.73. The summed E-state index contributed by atoms with van der Waals surface area (Å²) in [5, 5.41) is 0. The first-order chi connectivity index (χ1) is 14.9. The van der Waals surface area contributed by atoms with Crippen LogP contribution in [0.5, 0.6) is 0 Å². The number of hydrogen-bond donors (Lipinski definition) is 1. The smallest absolute Gasteiger partial charge is 0.267 e. The molecule has 2 aromatic heterocycles. The normalized spacial score (nSPS) is 17.9. The van der Waals surface area contributed by atoms with E-state index in [1.165, 1.54) is 0 Å². The summed E-state index contributed by atoms with van der Waals surface area (Å²) >= 11 is 0. The van der Waals surface area contributed by atoms with E-state index in [4.69, 9.17) is 5.73 Å². The highest BCUT2D eigenvalue weighted by Gasteiger charge is 2.39. The van der Waals surface area contributed by atoms with Crippen molar-refractivity contribution in [2.24, 2.45) is 11.1 Å². The van der Waals surface area contributed by atoms with Gasteiger partial charge in [-0.3, -0.25) is 9.59 Å². The third-order valence-corrected chi connectivity index (χ3v) is 5.31. The lowest BCUT2D eigenvalue weighted by Gasteiger charge is -2.14. The molecular formula is C24H21N5O2. The zero-order valence-corrected chi connectivity index (χ0v) is 17.3. The fourth-order valence-electron chi connectivity index (χ4n) is 3.49. The number of carbonyl (C=O) groups excluding carboxylic acids is 2. The lowest BCUT2D eigenvalue weighted by atomic mass is 9.89. The van der Waals surface area contributed by atoms with Crippen molar-refractivity contribution in [2.75, 3.05) is 13.6 Å². The van der Waals surface area contributed by atoms with E-state index in [1.54, 1.807) is 36.5 Å². The molecule has 7 heteroatoms. The van der Waals surface area contributed by atoms with E-state index in [1.807, 2.05) is 37.3 Å². The molecule has 0 spiro atoms. The van der Waals surface area contributed by atoms with Crippen LogP contribution < -0.4 is 5.73 Å². The molecule has 1 aromatic carbocycles. The van der Waals surface area contributed by atoms with Crippen LogP contribution in [0.15, 0.2) is 54.9 Å². The van der Waals surface area contributed by atoms with Gasteiger partial charge >= 0.3 is 0 Å². The molecule has 0 saturated carbocycles. The van der Waals surface area contributed by atoms with Gasteiger partial charge in [0.1, 0.15) is 11.1 Å². The first-order valence-corrected chi connectivity index (χ1v) is 9.84. The monoisotopic (exact) mass is 411 g/mol. The van der Waals surface area contributed by atoms with Crippen LogP contribution >= 0.6 is 0 Å². The maximum Gasteiger partial charge on any atom is 0.267 e. The first-order valence-electron chi connectivity index (χ1n) is 9.84. The number of primary amides is 1. The number of likely N-dealkylation sites (tertiary alicyclic amines) is 1. The van der Waals surface area contributed by atoms with Gasteiger partial charge in [-0.2, -0.15) is 0 Å². The average Bonchev–Trinajstić information content (AvgIpc) is 3.06. The minimum Gasteiger partial charge on any atom is -0.364 e. The number of hydrogen-bond acceptors (Lipinski definition) is 5. The van der Waals surface area contributed by atoms with Crippen molar-refractivity contribution in [1.29, 1.82) is 0 Å². The average molecular weight is 411 g/mol. The molecule has 2 amide bonds. The van der Waals surface area contributed by atoms with Crippen LogP contribution in [0.1, 0.15) is 29.4 Å². The Morgan fingerprint density at radius 1 is 1.13 bits per heavy atom. The first kappa shape index (κ1) is 20.2. The zero-order chi connectivity index (χ0) is 22.0. The van der Waals surface area contributed by atoms with Crippen LogP contribution in [-0.4, -0.2) is 45.3 Å². The summed E-state index contributed by atoms with van der Waals surface area (Å²) in [7, 11) is 1.79. The summed E-state index contributed by atoms with van der Waals surface area (Å²) in [5.74, 6) is 6.16. The van der Waals surface area contributed by atoms with Crippen molar-refractivity contribution >= 4 is 11.8 Å². The van der Waals surface area contributed by atoms with Crippen molar-refractivity contribution < 1.29 is 9.59 Å². The van der Waals surface area contributed by atoms with Gasteiger partial charge in [-0.1, -0.05) is 24.0 Å². The quantitative estimate of drug-likeness (QED) is 0.667. The van der Waals surface area contributed by atoms with E-state index in [0.717, 1.165) is 11.1 Å². The Morgan fingerprint density at radius 3 is 2.58 bits per heavy atom. The largest absolute Gasteiger partial charge is 0.364 e. The van der Waals surface area contributed by atoms with Crippen LogP contribution in [0.25, 0.3) is 22.6 Å². The molecule has 0 bridgehead atoms. The Hall–Kier alpha value is -4.05. The minimum absolute atomic E-state index is 0.0412. The summed E-state index contributed by atoms with van der Waals surface area (Å²) in [4.78, 5) is 38.8. The summed E-state index contributed by atoms with van der Waals surface area (Å²) < 4.78 is 0. The molecule has 1 aliphatic rings. The van der Waals surface area contributed by atoms with E-state index < -0.39 is 11.3 Å². The van der Waals surface area contributed by atoms with Gasteiger partial charge in [0.2, 0.25) is 5.91 Å². The van der Waals surface area contributed by atoms with Gasteiger partial charge in [-0.05, 0) is 43.7 Å². The van der Waals surface area contributed by atoms with Crippen molar-refractivity contribution in [1.82, 2.24) is 19.9 Å². The van der Waals surface area contributed by atoms with Crippen LogP contribution in [0.4, 0.5) is 0 Å². The fourth-order valence-corrected chi connectivity index (χ4v) is 3.49. The highest BCUT2D eigenvalue weighted by Crippen LogP contribution is 2.30. The molecule has 2 N–H and O–H groups in total. The second kappa shape index (κ2) is 8.00. The SMILES string of the molecule is CN1CC[C@@](C)(C#Cc2cccc(-c3cc(-c4ncccn4)cc(C(N)=O)n3)c2)C1=O. The predicted octanol–water partition coefficient (Wildman–Crippen LogP) is 2.52. The number of amides is 2. The molecule has 3 heterocycles. The van der Waals surface area contributed by atoms with Gasteiger partial charge in [-0.15, -0.1) is 0 Å². The highest BCUT2D eigenvalue weighted by molar-refractivity contribution is 5.93. The fraction of sp³-hybridized carbons (Fsp3) is 0.208. The van der Waals surface area contributed by atoms with Gasteiger partial charge in [0.05, 0.1) is 5.69 Å². The molecule has 154 valence electrons. The third kappa shape index (κ3) is 4.14. The third-order valence-electron chi connectivity index (χ3n) is 5.31. The second-order valence-electron chi connectivity index (χ2n) is 7.70. The molecule has 1 atom stereocenters. The van der Waals surface area contributed by atoms with E-state index >= 15 is 0 Å². The Morgan fingerprint density at radius 2 is 1.90 bits per heavy atom. The maximum absolute atomic E-state index is 12.4. The van der Waals surface area contributed by atoms with Crippen molar-refractivity contribution in [3.63, 3.8) is 0 Å². The standard InChI is InChI=1S/C24H21N5O2/c1-24(9-12-29(2)23(24)31)8-7-16-5-3-6-17(13-16)19-14-18(15-20(28-19)21(25)30)22-26-10-4-11-27-22/h3-6,10-11,13-15H,9,12H2,1-2H3,(H2,25,30)/t24-/m1/s1. The molecule has 1 aliphatic heterocycles. The van der Waals surface area contributed by atoms with Crippen molar-refractivity contribution in [3.05, 3.63) is 66.1 Å². The lowest BCUT2D eigenvalue weighted by molar-refractivity contribution is -0.131. The summed E-state index contributed by atoms with van der Waals surface area (Å²) in [5.41, 5.74) is 7.67. The second-order valence-corrected chi connectivity index (χ2v) is 7.70. The van der Waals surface area contributed by atoms with Crippen molar-refractivity contribution in [3.8, 4) is 34.5 Å². The van der Waals surface area contributed by atoms with Gasteiger partial charge in [-0.25, -0.2) is 15.0 Å². The predicted molar refractivity (Wildman–Crippen MR) is 116 cm³/mol. The number of carbonyl (C=O) groups is 2. The molecule has 0 unspecified atom stereocenters. The summed E-state index contributed by atoms with van der Waals surface area (Å²) in [6.45, 7) is 2.58. The van der Waals surface area contributed by atoms with E-state index in [9.17, 15) is 9.59 Å². The van der Waals surface area contributed by atoms with Crippen LogP contribution in [0, 0.1) is 17.3 Å². The number of nitrogens with zero attached hydrogens (tertiary/aromatic N) is 4. The molecule has 1 saturated heterocycles. The van der Waals surface area contributed by atoms with Gasteiger partial charge < -0.3 is 10.6 Å². The van der Waals surface area contributed by atoms with Crippen LogP contribution in [-0.2, 0) is 4.79 Å². The van der Waals surface area contributed by atoms with Crippen LogP contribution in [0.3, 0.4) is 0 Å². The molecule has 3 aromatic rings. The lowest BCUT2D eigenvalue weighted by Crippen LogP contribution is -2.28. The summed E-state index contributed by atoms with van der Waals surface area (Å²) in [6, 6.07) is 12.6. The number of rotatable bonds is 3. The Bertz CT molecular complexity index is 1230. The highest BCUT2D eigenvalue weighted by atomic mass is 16.2. The molecule has 7 nitrogen and oxygen atoms in total. The molecular weight excluding hydrogens is 390 g/mol. The molecule has 31 heavy (non-hydrogen) atoms. The number of aromatic nitrogens is 3. The van der Waals surface area contributed by atoms with Crippen LogP contribution in [0.2, 0.25) is 0 Å². The number of benzene rings is 1. The number of pyridine rings is 1. The Kier molecular flexibility index (Phi) is 5.22. The molecule has 1 fully saturated rings. The Labute approximate surface area is 180 Å². The topological polar surface area (TPSA) is 102 Å². The van der Waals surface area contributed by atoms with E-state index in [0.29, 0.717) is 30.0 Å². The molecule has 0 aliphatic carbocycles. The molecule has 0 radical (unpaired) electrons.